The molecule has 0 radical (unpaired) electrons. The van der Waals surface area contributed by atoms with Gasteiger partial charge in [-0.05, 0) is 47.9 Å². The van der Waals surface area contributed by atoms with Crippen LogP contribution in [0.1, 0.15) is 63.4 Å². The van der Waals surface area contributed by atoms with Crippen LogP contribution in [0.2, 0.25) is 5.02 Å². The molecule has 1 aromatic carbocycles. The van der Waals surface area contributed by atoms with Crippen LogP contribution in [0.4, 0.5) is 4.79 Å². The van der Waals surface area contributed by atoms with E-state index >= 15 is 0 Å². The minimum atomic E-state index is -0.421. The molecule has 28 heavy (non-hydrogen) atoms. The summed E-state index contributed by atoms with van der Waals surface area (Å²) in [5.74, 6) is 0.430. The largest absolute Gasteiger partial charge is 0.425 e. The fourth-order valence-corrected chi connectivity index (χ4v) is 4.52. The average molecular weight is 422 g/mol. The number of rotatable bonds is 7. The zero-order chi connectivity index (χ0) is 19.9. The molecule has 7 heteroatoms. The number of carbonyl (C=O) groups excluding carboxylic acids is 3. The van der Waals surface area contributed by atoms with E-state index in [2.05, 4.69) is 5.32 Å². The van der Waals surface area contributed by atoms with Gasteiger partial charge in [0.05, 0.1) is 9.93 Å². The summed E-state index contributed by atoms with van der Waals surface area (Å²) in [6.07, 6.45) is 11.8. The van der Waals surface area contributed by atoms with Crippen molar-refractivity contribution in [1.82, 2.24) is 5.32 Å². The Kier molecular flexibility index (Phi) is 7.57. The van der Waals surface area contributed by atoms with E-state index in [0.29, 0.717) is 27.7 Å². The summed E-state index contributed by atoms with van der Waals surface area (Å²) in [6, 6.07) is 4.91. The number of benzene rings is 1. The number of amides is 2. The van der Waals surface area contributed by atoms with Crippen molar-refractivity contribution in [3.63, 3.8) is 0 Å². The third-order valence-corrected chi connectivity index (χ3v) is 6.19. The molecular weight excluding hydrogens is 398 g/mol. The molecule has 0 aromatic heterocycles. The SMILES string of the molecule is O=C(CCCCC1CCCCC1)Oc1ccc(/C=C2\SC(=O)NC2=O)cc1Cl. The first-order valence-corrected chi connectivity index (χ1v) is 11.0. The molecule has 1 N–H and O–H groups in total. The number of imide groups is 1. The Morgan fingerprint density at radius 3 is 2.68 bits per heavy atom. The van der Waals surface area contributed by atoms with Crippen molar-refractivity contribution >= 4 is 46.6 Å². The standard InChI is InChI=1S/C21H24ClNO4S/c22-16-12-15(13-18-20(25)23-21(26)28-18)10-11-17(16)27-19(24)9-5-4-8-14-6-2-1-3-7-14/h10-14H,1-9H2,(H,23,25,26)/b18-13-. The van der Waals surface area contributed by atoms with E-state index in [9.17, 15) is 14.4 Å². The molecule has 1 saturated heterocycles. The summed E-state index contributed by atoms with van der Waals surface area (Å²) < 4.78 is 5.37. The van der Waals surface area contributed by atoms with E-state index in [0.717, 1.165) is 30.5 Å². The third-order valence-electron chi connectivity index (χ3n) is 5.09. The van der Waals surface area contributed by atoms with Crippen molar-refractivity contribution in [2.24, 2.45) is 5.92 Å². The molecule has 3 rings (SSSR count). The van der Waals surface area contributed by atoms with Gasteiger partial charge in [0, 0.05) is 6.42 Å². The Balaban J connectivity index is 1.46. The number of thioether (sulfide) groups is 1. The summed E-state index contributed by atoms with van der Waals surface area (Å²) in [5.41, 5.74) is 0.657. The number of unbranched alkanes of at least 4 members (excludes halogenated alkanes) is 1. The Bertz CT molecular complexity index is 787. The Morgan fingerprint density at radius 1 is 1.21 bits per heavy atom. The van der Waals surface area contributed by atoms with E-state index in [1.54, 1.807) is 24.3 Å². The van der Waals surface area contributed by atoms with E-state index in [1.165, 1.54) is 38.5 Å². The molecule has 1 aromatic rings. The van der Waals surface area contributed by atoms with Crippen molar-refractivity contribution < 1.29 is 19.1 Å². The lowest BCUT2D eigenvalue weighted by Crippen LogP contribution is -2.17. The molecular formula is C21H24ClNO4S. The number of hydrogen-bond acceptors (Lipinski definition) is 5. The van der Waals surface area contributed by atoms with Gasteiger partial charge in [-0.25, -0.2) is 0 Å². The fraction of sp³-hybridized carbons (Fsp3) is 0.476. The predicted octanol–water partition coefficient (Wildman–Crippen LogP) is 5.71. The van der Waals surface area contributed by atoms with E-state index in [1.807, 2.05) is 0 Å². The second kappa shape index (κ2) is 10.1. The minimum absolute atomic E-state index is 0.284. The van der Waals surface area contributed by atoms with Crippen LogP contribution in [0.3, 0.4) is 0 Å². The van der Waals surface area contributed by atoms with Crippen LogP contribution in [0.15, 0.2) is 23.1 Å². The van der Waals surface area contributed by atoms with Crippen LogP contribution in [0.5, 0.6) is 5.75 Å². The van der Waals surface area contributed by atoms with E-state index < -0.39 is 11.1 Å². The van der Waals surface area contributed by atoms with Crippen molar-refractivity contribution in [3.8, 4) is 5.75 Å². The highest BCUT2D eigenvalue weighted by Crippen LogP contribution is 2.31. The van der Waals surface area contributed by atoms with Gasteiger partial charge >= 0.3 is 5.97 Å². The first kappa shape index (κ1) is 20.9. The van der Waals surface area contributed by atoms with Gasteiger partial charge in [-0.1, -0.05) is 62.6 Å². The number of halogens is 1. The highest BCUT2D eigenvalue weighted by Gasteiger charge is 2.25. The molecule has 1 heterocycles. The molecule has 1 aliphatic heterocycles. The molecule has 0 bridgehead atoms. The first-order chi connectivity index (χ1) is 13.5. The molecule has 2 aliphatic rings. The van der Waals surface area contributed by atoms with Gasteiger partial charge in [-0.15, -0.1) is 0 Å². The molecule has 0 spiro atoms. The number of hydrogen-bond donors (Lipinski definition) is 1. The maximum absolute atomic E-state index is 12.1. The smallest absolute Gasteiger partial charge is 0.311 e. The highest BCUT2D eigenvalue weighted by atomic mass is 35.5. The van der Waals surface area contributed by atoms with Gasteiger partial charge in [0.25, 0.3) is 11.1 Å². The van der Waals surface area contributed by atoms with Gasteiger partial charge < -0.3 is 4.74 Å². The van der Waals surface area contributed by atoms with Crippen molar-refractivity contribution in [1.29, 1.82) is 0 Å². The molecule has 150 valence electrons. The second-order valence-electron chi connectivity index (χ2n) is 7.27. The molecule has 2 fully saturated rings. The number of carbonyl (C=O) groups is 3. The zero-order valence-electron chi connectivity index (χ0n) is 15.7. The van der Waals surface area contributed by atoms with Gasteiger partial charge in [0.15, 0.2) is 0 Å². The molecule has 5 nitrogen and oxygen atoms in total. The summed E-state index contributed by atoms with van der Waals surface area (Å²) >= 11 is 7.05. The maximum Gasteiger partial charge on any atom is 0.311 e. The quantitative estimate of drug-likeness (QED) is 0.264. The Morgan fingerprint density at radius 2 is 2.00 bits per heavy atom. The van der Waals surface area contributed by atoms with Crippen LogP contribution in [0, 0.1) is 5.92 Å². The summed E-state index contributed by atoms with van der Waals surface area (Å²) in [5, 5.41) is 2.10. The van der Waals surface area contributed by atoms with E-state index in [-0.39, 0.29) is 5.97 Å². The number of ether oxygens (including phenoxy) is 1. The van der Waals surface area contributed by atoms with Crippen LogP contribution in [-0.2, 0) is 9.59 Å². The second-order valence-corrected chi connectivity index (χ2v) is 8.69. The van der Waals surface area contributed by atoms with Crippen LogP contribution in [0.25, 0.3) is 6.08 Å². The van der Waals surface area contributed by atoms with Gasteiger partial charge in [-0.2, -0.15) is 0 Å². The fourth-order valence-electron chi connectivity index (χ4n) is 3.61. The van der Waals surface area contributed by atoms with Crippen molar-refractivity contribution in [2.75, 3.05) is 0 Å². The van der Waals surface area contributed by atoms with E-state index in [4.69, 9.17) is 16.3 Å². The van der Waals surface area contributed by atoms with Crippen LogP contribution in [-0.4, -0.2) is 17.1 Å². The molecule has 2 amide bonds. The van der Waals surface area contributed by atoms with Crippen molar-refractivity contribution in [2.45, 2.75) is 57.8 Å². The van der Waals surface area contributed by atoms with Crippen molar-refractivity contribution in [3.05, 3.63) is 33.7 Å². The average Bonchev–Trinajstić information content (AvgIpc) is 2.99. The Labute approximate surface area is 174 Å². The zero-order valence-corrected chi connectivity index (χ0v) is 17.2. The lowest BCUT2D eigenvalue weighted by Gasteiger charge is -2.21. The number of nitrogens with one attached hydrogen (secondary N) is 1. The van der Waals surface area contributed by atoms with Gasteiger partial charge in [-0.3, -0.25) is 19.7 Å². The molecule has 0 unspecified atom stereocenters. The monoisotopic (exact) mass is 421 g/mol. The lowest BCUT2D eigenvalue weighted by molar-refractivity contribution is -0.134. The predicted molar refractivity (Wildman–Crippen MR) is 111 cm³/mol. The van der Waals surface area contributed by atoms with Gasteiger partial charge in [0.2, 0.25) is 0 Å². The number of esters is 1. The third kappa shape index (κ3) is 6.11. The van der Waals surface area contributed by atoms with Gasteiger partial charge in [0.1, 0.15) is 5.75 Å². The minimum Gasteiger partial charge on any atom is -0.425 e. The first-order valence-electron chi connectivity index (χ1n) is 9.76. The van der Waals surface area contributed by atoms with Crippen LogP contribution >= 0.6 is 23.4 Å². The summed E-state index contributed by atoms with van der Waals surface area (Å²) in [6.45, 7) is 0. The maximum atomic E-state index is 12.1. The highest BCUT2D eigenvalue weighted by molar-refractivity contribution is 8.18. The topological polar surface area (TPSA) is 72.5 Å². The summed E-state index contributed by atoms with van der Waals surface area (Å²) in [7, 11) is 0. The molecule has 1 saturated carbocycles. The van der Waals surface area contributed by atoms with Crippen LogP contribution < -0.4 is 10.1 Å². The normalized spacial score (nSPS) is 19.1. The lowest BCUT2D eigenvalue weighted by atomic mass is 9.86. The molecule has 0 atom stereocenters. The Hall–Kier alpha value is -1.79. The summed E-state index contributed by atoms with van der Waals surface area (Å²) in [4.78, 5) is 35.2. The molecule has 1 aliphatic carbocycles.